The van der Waals surface area contributed by atoms with E-state index in [0.29, 0.717) is 18.7 Å². The van der Waals surface area contributed by atoms with Crippen molar-refractivity contribution in [1.82, 2.24) is 4.57 Å². The summed E-state index contributed by atoms with van der Waals surface area (Å²) in [5.74, 6) is 0. The topological polar surface area (TPSA) is 57.2 Å². The smallest absolute Gasteiger partial charge is 0.255 e. The normalized spacial score (nSPS) is 10.9. The van der Waals surface area contributed by atoms with Gasteiger partial charge in [-0.2, -0.15) is 0 Å². The highest BCUT2D eigenvalue weighted by Gasteiger charge is 2.12. The van der Waals surface area contributed by atoms with Gasteiger partial charge in [-0.1, -0.05) is 31.2 Å². The number of aromatic nitrogens is 1. The summed E-state index contributed by atoms with van der Waals surface area (Å²) in [4.78, 5) is 12.7. The Balaban J connectivity index is 2.59. The Morgan fingerprint density at radius 1 is 1.23 bits per heavy atom. The number of aryl methyl sites for hydroxylation is 2. The maximum absolute atomic E-state index is 12.7. The number of rotatable bonds is 6. The molecule has 0 spiro atoms. The Bertz CT molecular complexity index is 687. The molecule has 0 aliphatic carbocycles. The lowest BCUT2D eigenvalue weighted by Crippen LogP contribution is -2.29. The van der Waals surface area contributed by atoms with E-state index in [1.54, 1.807) is 11.7 Å². The van der Waals surface area contributed by atoms with Crippen molar-refractivity contribution in [2.24, 2.45) is 5.73 Å². The summed E-state index contributed by atoms with van der Waals surface area (Å²) in [5.41, 5.74) is 10.6. The highest BCUT2D eigenvalue weighted by molar-refractivity contribution is 5.61. The van der Waals surface area contributed by atoms with Gasteiger partial charge in [0, 0.05) is 25.8 Å². The summed E-state index contributed by atoms with van der Waals surface area (Å²) in [6, 6.07) is 10.4. The number of nitrogens with two attached hydrogens (primary N) is 1. The lowest BCUT2D eigenvalue weighted by Gasteiger charge is -2.16. The highest BCUT2D eigenvalue weighted by atomic mass is 16.5. The molecule has 0 amide bonds. The standard InChI is InChI=1S/C18H24N2O2/c1-4-14-5-7-15(8-6-14)17-11-13(2)16(12-19)18(21)20(17)9-10-22-3/h5-8,11H,4,9-10,12,19H2,1-3H3. The molecule has 2 rings (SSSR count). The molecule has 0 bridgehead atoms. The zero-order valence-corrected chi connectivity index (χ0v) is 13.6. The summed E-state index contributed by atoms with van der Waals surface area (Å²) < 4.78 is 6.90. The van der Waals surface area contributed by atoms with Crippen molar-refractivity contribution in [3.05, 3.63) is 57.4 Å². The molecule has 2 aromatic rings. The second-order valence-corrected chi connectivity index (χ2v) is 5.40. The van der Waals surface area contributed by atoms with Crippen molar-refractivity contribution in [3.8, 4) is 11.3 Å². The predicted octanol–water partition coefficient (Wildman–Crippen LogP) is 2.49. The maximum Gasteiger partial charge on any atom is 0.255 e. The molecule has 22 heavy (non-hydrogen) atoms. The van der Waals surface area contributed by atoms with Crippen LogP contribution in [0.2, 0.25) is 0 Å². The van der Waals surface area contributed by atoms with E-state index < -0.39 is 0 Å². The largest absolute Gasteiger partial charge is 0.383 e. The van der Waals surface area contributed by atoms with Crippen LogP contribution in [0, 0.1) is 6.92 Å². The SMILES string of the molecule is CCc1ccc(-c2cc(C)c(CN)c(=O)n2CCOC)cc1. The van der Waals surface area contributed by atoms with Crippen LogP contribution in [0.5, 0.6) is 0 Å². The van der Waals surface area contributed by atoms with Gasteiger partial charge in [0.25, 0.3) is 5.56 Å². The second-order valence-electron chi connectivity index (χ2n) is 5.40. The van der Waals surface area contributed by atoms with Crippen molar-refractivity contribution < 1.29 is 4.74 Å². The first-order chi connectivity index (χ1) is 10.6. The third-order valence-electron chi connectivity index (χ3n) is 4.00. The minimum absolute atomic E-state index is 0.0193. The van der Waals surface area contributed by atoms with Gasteiger partial charge < -0.3 is 15.0 Å². The van der Waals surface area contributed by atoms with Crippen LogP contribution in [-0.2, 0) is 24.2 Å². The van der Waals surface area contributed by atoms with Crippen molar-refractivity contribution in [3.63, 3.8) is 0 Å². The fourth-order valence-corrected chi connectivity index (χ4v) is 2.61. The first-order valence-corrected chi connectivity index (χ1v) is 7.64. The van der Waals surface area contributed by atoms with Crippen LogP contribution in [0.4, 0.5) is 0 Å². The molecule has 1 aromatic heterocycles. The Hall–Kier alpha value is -1.91. The van der Waals surface area contributed by atoms with Gasteiger partial charge in [0.2, 0.25) is 0 Å². The summed E-state index contributed by atoms with van der Waals surface area (Å²) >= 11 is 0. The van der Waals surface area contributed by atoms with E-state index in [2.05, 4.69) is 31.2 Å². The zero-order chi connectivity index (χ0) is 16.1. The van der Waals surface area contributed by atoms with Crippen LogP contribution in [0.15, 0.2) is 35.1 Å². The molecule has 0 atom stereocenters. The first-order valence-electron chi connectivity index (χ1n) is 7.64. The average molecular weight is 300 g/mol. The molecular weight excluding hydrogens is 276 g/mol. The summed E-state index contributed by atoms with van der Waals surface area (Å²) in [6.07, 6.45) is 1.00. The van der Waals surface area contributed by atoms with Crippen molar-refractivity contribution in [2.75, 3.05) is 13.7 Å². The molecule has 2 N–H and O–H groups in total. The fraction of sp³-hybridized carbons (Fsp3) is 0.389. The van der Waals surface area contributed by atoms with Crippen LogP contribution >= 0.6 is 0 Å². The Labute approximate surface area is 131 Å². The molecule has 0 fully saturated rings. The molecular formula is C18H24N2O2. The number of nitrogens with zero attached hydrogens (tertiary/aromatic N) is 1. The second kappa shape index (κ2) is 7.38. The van der Waals surface area contributed by atoms with Gasteiger partial charge in [-0.25, -0.2) is 0 Å². The van der Waals surface area contributed by atoms with E-state index in [4.69, 9.17) is 10.5 Å². The number of methoxy groups -OCH3 is 1. The number of benzene rings is 1. The fourth-order valence-electron chi connectivity index (χ4n) is 2.61. The predicted molar refractivity (Wildman–Crippen MR) is 90.0 cm³/mol. The van der Waals surface area contributed by atoms with Crippen LogP contribution in [0.3, 0.4) is 0 Å². The third-order valence-corrected chi connectivity index (χ3v) is 4.00. The third kappa shape index (κ3) is 3.29. The Morgan fingerprint density at radius 2 is 1.91 bits per heavy atom. The molecule has 4 heteroatoms. The average Bonchev–Trinajstić information content (AvgIpc) is 2.54. The van der Waals surface area contributed by atoms with Gasteiger partial charge in [-0.05, 0) is 36.1 Å². The Kier molecular flexibility index (Phi) is 5.52. The van der Waals surface area contributed by atoms with E-state index in [0.717, 1.165) is 23.2 Å². The van der Waals surface area contributed by atoms with Gasteiger partial charge in [-0.3, -0.25) is 4.79 Å². The van der Waals surface area contributed by atoms with Gasteiger partial charge >= 0.3 is 0 Å². The lowest BCUT2D eigenvalue weighted by atomic mass is 10.0. The molecule has 1 aromatic carbocycles. The monoisotopic (exact) mass is 300 g/mol. The number of hydrogen-bond donors (Lipinski definition) is 1. The van der Waals surface area contributed by atoms with Gasteiger partial charge in [0.15, 0.2) is 0 Å². The zero-order valence-electron chi connectivity index (χ0n) is 13.6. The number of ether oxygens (including phenoxy) is 1. The molecule has 0 aliphatic rings. The van der Waals surface area contributed by atoms with Crippen molar-refractivity contribution in [2.45, 2.75) is 33.4 Å². The summed E-state index contributed by atoms with van der Waals surface area (Å²) in [6.45, 7) is 5.34. The van der Waals surface area contributed by atoms with Gasteiger partial charge in [0.1, 0.15) is 0 Å². The van der Waals surface area contributed by atoms with Crippen molar-refractivity contribution >= 4 is 0 Å². The highest BCUT2D eigenvalue weighted by Crippen LogP contribution is 2.21. The summed E-state index contributed by atoms with van der Waals surface area (Å²) in [5, 5.41) is 0. The van der Waals surface area contributed by atoms with Crippen LogP contribution < -0.4 is 11.3 Å². The minimum Gasteiger partial charge on any atom is -0.383 e. The van der Waals surface area contributed by atoms with Crippen molar-refractivity contribution in [1.29, 1.82) is 0 Å². The molecule has 0 aliphatic heterocycles. The van der Waals surface area contributed by atoms with Crippen LogP contribution in [-0.4, -0.2) is 18.3 Å². The van der Waals surface area contributed by atoms with E-state index >= 15 is 0 Å². The Morgan fingerprint density at radius 3 is 2.45 bits per heavy atom. The molecule has 1 heterocycles. The quantitative estimate of drug-likeness (QED) is 0.891. The lowest BCUT2D eigenvalue weighted by molar-refractivity contribution is 0.186. The van der Waals surface area contributed by atoms with E-state index in [-0.39, 0.29) is 12.1 Å². The number of hydrogen-bond acceptors (Lipinski definition) is 3. The van der Waals surface area contributed by atoms with Crippen LogP contribution in [0.25, 0.3) is 11.3 Å². The first kappa shape index (κ1) is 16.5. The maximum atomic E-state index is 12.7. The molecule has 0 saturated carbocycles. The molecule has 0 unspecified atom stereocenters. The van der Waals surface area contributed by atoms with E-state index in [1.165, 1.54) is 5.56 Å². The summed E-state index contributed by atoms with van der Waals surface area (Å²) in [7, 11) is 1.64. The van der Waals surface area contributed by atoms with Gasteiger partial charge in [-0.15, -0.1) is 0 Å². The van der Waals surface area contributed by atoms with Crippen LogP contribution in [0.1, 0.15) is 23.6 Å². The minimum atomic E-state index is -0.0193. The van der Waals surface area contributed by atoms with Gasteiger partial charge in [0.05, 0.1) is 12.3 Å². The molecule has 4 nitrogen and oxygen atoms in total. The number of pyridine rings is 1. The molecule has 0 radical (unpaired) electrons. The van der Waals surface area contributed by atoms with E-state index in [1.807, 2.05) is 13.0 Å². The van der Waals surface area contributed by atoms with E-state index in [9.17, 15) is 4.79 Å². The molecule has 0 saturated heterocycles. The molecule has 118 valence electrons.